The van der Waals surface area contributed by atoms with Crippen LogP contribution < -0.4 is 5.73 Å². The Labute approximate surface area is 101 Å². The Kier molecular flexibility index (Phi) is 3.24. The summed E-state index contributed by atoms with van der Waals surface area (Å²) in [5.74, 6) is 0.566. The molecule has 0 unspecified atom stereocenters. The Morgan fingerprint density at radius 2 is 2.35 bits per heavy atom. The van der Waals surface area contributed by atoms with Gasteiger partial charge in [0.25, 0.3) is 5.69 Å². The molecule has 0 spiro atoms. The fraction of sp³-hybridized carbons (Fsp3) is 0.111. The number of rotatable bonds is 4. The molecule has 0 aliphatic carbocycles. The van der Waals surface area contributed by atoms with Gasteiger partial charge in [-0.3, -0.25) is 15.2 Å². The van der Waals surface area contributed by atoms with Gasteiger partial charge in [-0.15, -0.1) is 0 Å². The highest BCUT2D eigenvalue weighted by Gasteiger charge is 2.12. The number of nitrogens with zero attached hydrogens (tertiary/aromatic N) is 3. The smallest absolute Gasteiger partial charge is 0.292 e. The zero-order valence-corrected chi connectivity index (χ0v) is 9.48. The molecule has 1 heterocycles. The number of anilines is 1. The SMILES string of the molecule is Nc1ccc(CSc2ncn[nH]2)cc1[N+](=O)[O-]. The van der Waals surface area contributed by atoms with Crippen LogP contribution in [0, 0.1) is 10.1 Å². The molecule has 7 nitrogen and oxygen atoms in total. The minimum Gasteiger partial charge on any atom is -0.393 e. The Morgan fingerprint density at radius 1 is 1.53 bits per heavy atom. The Hall–Kier alpha value is -2.09. The third-order valence-electron chi connectivity index (χ3n) is 2.06. The normalized spacial score (nSPS) is 10.4. The van der Waals surface area contributed by atoms with Crippen molar-refractivity contribution in [2.75, 3.05) is 5.73 Å². The predicted octanol–water partition coefficient (Wildman–Crippen LogP) is 1.59. The van der Waals surface area contributed by atoms with Gasteiger partial charge in [0.05, 0.1) is 4.92 Å². The number of nitro groups is 1. The van der Waals surface area contributed by atoms with Gasteiger partial charge in [-0.05, 0) is 11.6 Å². The lowest BCUT2D eigenvalue weighted by molar-refractivity contribution is -0.383. The zero-order chi connectivity index (χ0) is 12.3. The summed E-state index contributed by atoms with van der Waals surface area (Å²) in [6.07, 6.45) is 1.41. The molecule has 17 heavy (non-hydrogen) atoms. The summed E-state index contributed by atoms with van der Waals surface area (Å²) in [6, 6.07) is 4.76. The first-order valence-corrected chi connectivity index (χ1v) is 5.66. The average molecular weight is 251 g/mol. The Balaban J connectivity index is 2.11. The highest BCUT2D eigenvalue weighted by Crippen LogP contribution is 2.26. The number of hydrogen-bond donors (Lipinski definition) is 2. The van der Waals surface area contributed by atoms with Gasteiger partial charge in [0.15, 0.2) is 5.16 Å². The lowest BCUT2D eigenvalue weighted by Gasteiger charge is -2.01. The van der Waals surface area contributed by atoms with E-state index in [4.69, 9.17) is 5.73 Å². The van der Waals surface area contributed by atoms with E-state index in [9.17, 15) is 10.1 Å². The average Bonchev–Trinajstić information content (AvgIpc) is 2.80. The van der Waals surface area contributed by atoms with Crippen LogP contribution in [0.3, 0.4) is 0 Å². The summed E-state index contributed by atoms with van der Waals surface area (Å²) in [5.41, 5.74) is 6.42. The molecule has 0 saturated carbocycles. The molecule has 0 bridgehead atoms. The van der Waals surface area contributed by atoms with E-state index in [1.165, 1.54) is 30.2 Å². The van der Waals surface area contributed by atoms with Crippen molar-refractivity contribution in [1.82, 2.24) is 15.2 Å². The van der Waals surface area contributed by atoms with E-state index >= 15 is 0 Å². The van der Waals surface area contributed by atoms with Crippen LogP contribution in [0.15, 0.2) is 29.7 Å². The van der Waals surface area contributed by atoms with Crippen molar-refractivity contribution in [3.8, 4) is 0 Å². The highest BCUT2D eigenvalue weighted by atomic mass is 32.2. The molecule has 2 rings (SSSR count). The summed E-state index contributed by atoms with van der Waals surface area (Å²) in [6.45, 7) is 0. The van der Waals surface area contributed by atoms with Crippen molar-refractivity contribution < 1.29 is 4.92 Å². The van der Waals surface area contributed by atoms with Gasteiger partial charge in [0.2, 0.25) is 0 Å². The fourth-order valence-corrected chi connectivity index (χ4v) is 1.97. The number of hydrogen-bond acceptors (Lipinski definition) is 6. The molecule has 8 heteroatoms. The number of aromatic nitrogens is 3. The van der Waals surface area contributed by atoms with Gasteiger partial charge < -0.3 is 5.73 Å². The van der Waals surface area contributed by atoms with Crippen molar-refractivity contribution in [3.05, 3.63) is 40.2 Å². The summed E-state index contributed by atoms with van der Waals surface area (Å²) in [7, 11) is 0. The number of nitro benzene ring substituents is 1. The topological polar surface area (TPSA) is 111 Å². The van der Waals surface area contributed by atoms with Gasteiger partial charge in [-0.2, -0.15) is 5.10 Å². The van der Waals surface area contributed by atoms with E-state index in [1.54, 1.807) is 6.07 Å². The van der Waals surface area contributed by atoms with Crippen LogP contribution in [0.25, 0.3) is 0 Å². The Morgan fingerprint density at radius 3 is 3.00 bits per heavy atom. The maximum atomic E-state index is 10.7. The summed E-state index contributed by atoms with van der Waals surface area (Å²) in [4.78, 5) is 14.2. The predicted molar refractivity (Wildman–Crippen MR) is 63.5 cm³/mol. The van der Waals surface area contributed by atoms with Crippen LogP contribution in [0.1, 0.15) is 5.56 Å². The number of nitrogen functional groups attached to an aromatic ring is 1. The van der Waals surface area contributed by atoms with Gasteiger partial charge in [0, 0.05) is 11.8 Å². The van der Waals surface area contributed by atoms with Gasteiger partial charge in [0.1, 0.15) is 12.0 Å². The third-order valence-corrected chi connectivity index (χ3v) is 3.01. The number of nitrogens with two attached hydrogens (primary N) is 1. The largest absolute Gasteiger partial charge is 0.393 e. The molecule has 3 N–H and O–H groups in total. The van der Waals surface area contributed by atoms with Crippen LogP contribution in [0.2, 0.25) is 0 Å². The van der Waals surface area contributed by atoms with Gasteiger partial charge >= 0.3 is 0 Å². The van der Waals surface area contributed by atoms with Gasteiger partial charge in [-0.25, -0.2) is 4.98 Å². The van der Waals surface area contributed by atoms with Crippen LogP contribution in [-0.4, -0.2) is 20.1 Å². The van der Waals surface area contributed by atoms with Crippen molar-refractivity contribution in [2.24, 2.45) is 0 Å². The monoisotopic (exact) mass is 251 g/mol. The van der Waals surface area contributed by atoms with Crippen LogP contribution in [-0.2, 0) is 5.75 Å². The first-order valence-electron chi connectivity index (χ1n) is 4.68. The van der Waals surface area contributed by atoms with Crippen LogP contribution >= 0.6 is 11.8 Å². The fourth-order valence-electron chi connectivity index (χ4n) is 1.25. The maximum absolute atomic E-state index is 10.7. The summed E-state index contributed by atoms with van der Waals surface area (Å²) < 4.78 is 0. The van der Waals surface area contributed by atoms with E-state index in [0.29, 0.717) is 10.9 Å². The van der Waals surface area contributed by atoms with Crippen molar-refractivity contribution in [1.29, 1.82) is 0 Å². The van der Waals surface area contributed by atoms with Crippen LogP contribution in [0.4, 0.5) is 11.4 Å². The number of aromatic amines is 1. The van der Waals surface area contributed by atoms with E-state index in [2.05, 4.69) is 15.2 Å². The molecule has 2 aromatic rings. The maximum Gasteiger partial charge on any atom is 0.292 e. The summed E-state index contributed by atoms with van der Waals surface area (Å²) in [5, 5.41) is 17.8. The minimum absolute atomic E-state index is 0.0688. The second kappa shape index (κ2) is 4.83. The summed E-state index contributed by atoms with van der Waals surface area (Å²) >= 11 is 1.41. The Bertz CT molecular complexity index is 528. The van der Waals surface area contributed by atoms with Crippen molar-refractivity contribution in [3.63, 3.8) is 0 Å². The van der Waals surface area contributed by atoms with Crippen molar-refractivity contribution >= 4 is 23.1 Å². The van der Waals surface area contributed by atoms with E-state index in [-0.39, 0.29) is 11.4 Å². The minimum atomic E-state index is -0.488. The molecule has 0 radical (unpaired) electrons. The zero-order valence-electron chi connectivity index (χ0n) is 8.66. The molecule has 0 amide bonds. The molecular weight excluding hydrogens is 242 g/mol. The number of thioether (sulfide) groups is 1. The van der Waals surface area contributed by atoms with Gasteiger partial charge in [-0.1, -0.05) is 17.8 Å². The van der Waals surface area contributed by atoms with E-state index in [0.717, 1.165) is 5.56 Å². The highest BCUT2D eigenvalue weighted by molar-refractivity contribution is 7.98. The lowest BCUT2D eigenvalue weighted by Crippen LogP contribution is -1.96. The van der Waals surface area contributed by atoms with E-state index < -0.39 is 4.92 Å². The van der Waals surface area contributed by atoms with Crippen LogP contribution in [0.5, 0.6) is 0 Å². The number of nitrogens with one attached hydrogen (secondary N) is 1. The third kappa shape index (κ3) is 2.72. The van der Waals surface area contributed by atoms with E-state index in [1.807, 2.05) is 0 Å². The molecule has 0 saturated heterocycles. The first kappa shape index (κ1) is 11.4. The second-order valence-corrected chi connectivity index (χ2v) is 4.19. The molecule has 1 aromatic heterocycles. The molecule has 88 valence electrons. The number of benzene rings is 1. The second-order valence-electron chi connectivity index (χ2n) is 3.23. The standard InChI is InChI=1S/C9H9N5O2S/c10-7-2-1-6(3-8(7)14(15)16)4-17-9-11-5-12-13-9/h1-3,5H,4,10H2,(H,11,12,13). The first-order chi connectivity index (χ1) is 8.16. The number of H-pyrrole nitrogens is 1. The molecule has 1 aromatic carbocycles. The molecule has 0 aliphatic rings. The van der Waals surface area contributed by atoms with Crippen molar-refractivity contribution in [2.45, 2.75) is 10.9 Å². The molecular formula is C9H9N5O2S. The lowest BCUT2D eigenvalue weighted by atomic mass is 10.2. The molecule has 0 atom stereocenters. The quantitative estimate of drug-likeness (QED) is 0.369. The molecule has 0 aliphatic heterocycles. The molecule has 0 fully saturated rings.